The summed E-state index contributed by atoms with van der Waals surface area (Å²) in [7, 11) is 1.63. The average molecular weight is 570 g/mol. The Morgan fingerprint density at radius 2 is 1.90 bits per heavy atom. The second-order valence-electron chi connectivity index (χ2n) is 10.7. The third-order valence-corrected chi connectivity index (χ3v) is 7.98. The molecule has 1 aromatic carbocycles. The summed E-state index contributed by atoms with van der Waals surface area (Å²) in [5, 5.41) is 24.3. The van der Waals surface area contributed by atoms with Crippen LogP contribution in [0.5, 0.6) is 11.5 Å². The molecule has 11 nitrogen and oxygen atoms in total. The second kappa shape index (κ2) is 11.9. The smallest absolute Gasteiger partial charge is 0.162 e. The van der Waals surface area contributed by atoms with E-state index < -0.39 is 0 Å². The topological polar surface area (TPSA) is 120 Å². The number of hydrogen-bond donors (Lipinski definition) is 0. The van der Waals surface area contributed by atoms with E-state index in [0.29, 0.717) is 61.5 Å². The molecule has 42 heavy (non-hydrogen) atoms. The van der Waals surface area contributed by atoms with Gasteiger partial charge in [-0.15, -0.1) is 0 Å². The first-order valence-corrected chi connectivity index (χ1v) is 14.4. The molecule has 4 aromatic rings. The fourth-order valence-electron chi connectivity index (χ4n) is 5.92. The molecule has 5 heterocycles. The van der Waals surface area contributed by atoms with E-state index in [0.717, 1.165) is 52.5 Å². The van der Waals surface area contributed by atoms with Crippen molar-refractivity contribution in [3.63, 3.8) is 0 Å². The van der Waals surface area contributed by atoms with Gasteiger partial charge in [-0.05, 0) is 57.7 Å². The van der Waals surface area contributed by atoms with E-state index in [4.69, 9.17) is 29.0 Å². The van der Waals surface area contributed by atoms with Crippen LogP contribution in [0.4, 0.5) is 5.82 Å². The molecule has 11 heteroatoms. The Balaban J connectivity index is 1.47. The fourth-order valence-corrected chi connectivity index (χ4v) is 5.92. The van der Waals surface area contributed by atoms with Gasteiger partial charge in [0.15, 0.2) is 17.7 Å². The normalized spacial score (nSPS) is 18.1. The van der Waals surface area contributed by atoms with Gasteiger partial charge in [0.25, 0.3) is 0 Å². The van der Waals surface area contributed by atoms with Crippen LogP contribution < -0.4 is 14.4 Å². The van der Waals surface area contributed by atoms with Crippen LogP contribution in [0.25, 0.3) is 22.2 Å². The molecule has 0 aliphatic carbocycles. The van der Waals surface area contributed by atoms with Crippen LogP contribution in [0.3, 0.4) is 0 Å². The predicted octanol–water partition coefficient (Wildman–Crippen LogP) is 5.06. The molecule has 2 saturated heterocycles. The van der Waals surface area contributed by atoms with Gasteiger partial charge in [-0.2, -0.15) is 20.6 Å². The van der Waals surface area contributed by atoms with Crippen LogP contribution in [0.1, 0.15) is 60.9 Å². The summed E-state index contributed by atoms with van der Waals surface area (Å²) in [6.07, 6.45) is 5.99. The van der Waals surface area contributed by atoms with Gasteiger partial charge in [0, 0.05) is 48.5 Å². The van der Waals surface area contributed by atoms with E-state index in [9.17, 15) is 5.26 Å². The van der Waals surface area contributed by atoms with E-state index in [2.05, 4.69) is 21.2 Å². The van der Waals surface area contributed by atoms with E-state index in [1.165, 1.54) is 0 Å². The van der Waals surface area contributed by atoms with Crippen molar-refractivity contribution < 1.29 is 18.9 Å². The molecule has 2 fully saturated rings. The van der Waals surface area contributed by atoms with Crippen molar-refractivity contribution in [2.24, 2.45) is 0 Å². The second-order valence-corrected chi connectivity index (χ2v) is 10.7. The summed E-state index contributed by atoms with van der Waals surface area (Å²) < 4.78 is 25.9. The highest BCUT2D eigenvalue weighted by atomic mass is 16.5. The fraction of sp³-hybridized carbons (Fsp3) is 0.452. The zero-order chi connectivity index (χ0) is 29.2. The highest BCUT2D eigenvalue weighted by Crippen LogP contribution is 2.41. The molecular weight excluding hydrogens is 534 g/mol. The number of ether oxygens (including phenoxy) is 4. The van der Waals surface area contributed by atoms with E-state index in [1.54, 1.807) is 19.5 Å². The number of hydrogen-bond acceptors (Lipinski definition) is 10. The molecule has 2 aliphatic heterocycles. The van der Waals surface area contributed by atoms with E-state index in [-0.39, 0.29) is 12.3 Å². The molecule has 218 valence electrons. The lowest BCUT2D eigenvalue weighted by Gasteiger charge is -2.28. The van der Waals surface area contributed by atoms with Crippen molar-refractivity contribution in [2.75, 3.05) is 44.9 Å². The lowest BCUT2D eigenvalue weighted by Crippen LogP contribution is -2.37. The van der Waals surface area contributed by atoms with Crippen LogP contribution in [-0.4, -0.2) is 65.0 Å². The number of pyridine rings is 1. The van der Waals surface area contributed by atoms with Gasteiger partial charge in [-0.1, -0.05) is 0 Å². The lowest BCUT2D eigenvalue weighted by atomic mass is 10.0. The Morgan fingerprint density at radius 1 is 1.07 bits per heavy atom. The van der Waals surface area contributed by atoms with Crippen molar-refractivity contribution in [1.29, 1.82) is 5.26 Å². The summed E-state index contributed by atoms with van der Waals surface area (Å²) in [6.45, 7) is 9.24. The number of methoxy groups -OCH3 is 1. The SMILES string of the molecule is COc1cc2c(cc1O[C@H](C)c1c(C)cnnc1C)c(-c1cnc(N3CCOCC3)c(C#N)c1)nn2C1CCCCO1. The Kier molecular flexibility index (Phi) is 7.91. The number of nitriles is 1. The highest BCUT2D eigenvalue weighted by Gasteiger charge is 2.26. The minimum Gasteiger partial charge on any atom is -0.493 e. The standard InChI is InChI=1S/C31H35N7O4/c1-19-17-34-35-20(2)29(19)21(3)42-27-14-24-25(15-26(27)39-4)38(28-7-5-6-10-41-28)36-30(24)23-13-22(16-32)31(33-18-23)37-8-11-40-12-9-37/h13-15,17-18,21,28H,5-12H2,1-4H3/t21-,28?/m1/s1. The van der Waals surface area contributed by atoms with Crippen LogP contribution in [0, 0.1) is 25.2 Å². The zero-order valence-electron chi connectivity index (χ0n) is 24.5. The van der Waals surface area contributed by atoms with E-state index >= 15 is 0 Å². The summed E-state index contributed by atoms with van der Waals surface area (Å²) >= 11 is 0. The Labute approximate surface area is 245 Å². The third-order valence-electron chi connectivity index (χ3n) is 7.98. The number of rotatable bonds is 7. The van der Waals surface area contributed by atoms with Crippen LogP contribution in [0.2, 0.25) is 0 Å². The number of morpholine rings is 1. The number of fused-ring (bicyclic) bond motifs is 1. The maximum atomic E-state index is 10.1. The van der Waals surface area contributed by atoms with Crippen molar-refractivity contribution in [2.45, 2.75) is 52.4 Å². The van der Waals surface area contributed by atoms with Crippen molar-refractivity contribution in [1.82, 2.24) is 25.0 Å². The quantitative estimate of drug-likeness (QED) is 0.299. The first-order valence-electron chi connectivity index (χ1n) is 14.4. The first-order chi connectivity index (χ1) is 20.5. The van der Waals surface area contributed by atoms with Crippen molar-refractivity contribution >= 4 is 16.7 Å². The van der Waals surface area contributed by atoms with Gasteiger partial charge in [0.1, 0.15) is 23.7 Å². The summed E-state index contributed by atoms with van der Waals surface area (Å²) in [6, 6.07) is 8.14. The number of nitrogens with zero attached hydrogens (tertiary/aromatic N) is 7. The molecule has 0 saturated carbocycles. The summed E-state index contributed by atoms with van der Waals surface area (Å²) in [5.41, 5.74) is 5.63. The molecule has 0 amide bonds. The average Bonchev–Trinajstić information content (AvgIpc) is 3.39. The first kappa shape index (κ1) is 27.9. The Morgan fingerprint density at radius 3 is 2.62 bits per heavy atom. The maximum absolute atomic E-state index is 10.1. The van der Waals surface area contributed by atoms with Gasteiger partial charge in [0.2, 0.25) is 0 Å². The molecule has 3 aromatic heterocycles. The van der Waals surface area contributed by atoms with Gasteiger partial charge in [0.05, 0.1) is 43.3 Å². The number of aryl methyl sites for hydroxylation is 2. The number of anilines is 1. The molecule has 0 N–H and O–H groups in total. The molecule has 0 spiro atoms. The van der Waals surface area contributed by atoms with Gasteiger partial charge in [-0.25, -0.2) is 9.67 Å². The monoisotopic (exact) mass is 569 g/mol. The van der Waals surface area contributed by atoms with Gasteiger partial charge in [-0.3, -0.25) is 0 Å². The predicted molar refractivity (Wildman–Crippen MR) is 157 cm³/mol. The third kappa shape index (κ3) is 5.24. The summed E-state index contributed by atoms with van der Waals surface area (Å²) in [4.78, 5) is 6.83. The maximum Gasteiger partial charge on any atom is 0.162 e. The largest absolute Gasteiger partial charge is 0.493 e. The van der Waals surface area contributed by atoms with Gasteiger partial charge < -0.3 is 23.8 Å². The van der Waals surface area contributed by atoms with Crippen LogP contribution in [0.15, 0.2) is 30.6 Å². The number of aromatic nitrogens is 5. The minimum absolute atomic E-state index is 0.199. The van der Waals surface area contributed by atoms with Crippen LogP contribution >= 0.6 is 0 Å². The molecule has 2 aliphatic rings. The Hall–Kier alpha value is -4.27. The molecule has 2 atom stereocenters. The van der Waals surface area contributed by atoms with Gasteiger partial charge >= 0.3 is 0 Å². The van der Waals surface area contributed by atoms with Crippen molar-refractivity contribution in [3.8, 4) is 28.8 Å². The molecule has 6 rings (SSSR count). The molecule has 1 unspecified atom stereocenters. The van der Waals surface area contributed by atoms with Crippen molar-refractivity contribution in [3.05, 3.63) is 53.0 Å². The molecule has 0 radical (unpaired) electrons. The number of benzene rings is 1. The minimum atomic E-state index is -0.299. The Bertz CT molecular complexity index is 1610. The highest BCUT2D eigenvalue weighted by molar-refractivity contribution is 5.96. The zero-order valence-corrected chi connectivity index (χ0v) is 24.5. The molecule has 0 bridgehead atoms. The molecular formula is C31H35N7O4. The van der Waals surface area contributed by atoms with E-state index in [1.807, 2.05) is 43.7 Å². The van der Waals surface area contributed by atoms with Crippen LogP contribution in [-0.2, 0) is 9.47 Å². The lowest BCUT2D eigenvalue weighted by molar-refractivity contribution is -0.0365. The summed E-state index contributed by atoms with van der Waals surface area (Å²) in [5.74, 6) is 1.84.